The number of ether oxygens (including phenoxy) is 1. The molecule has 1 N–H and O–H groups in total. The maximum absolute atomic E-state index is 13.1. The van der Waals surface area contributed by atoms with Gasteiger partial charge in [0.15, 0.2) is 0 Å². The SMILES string of the molecule is O=C(O)[C@@H]1Cc2cc(I)c(OCc3c(Cl)cccc3Cl)c(I)c2CN1C(=O)/C=C/c1ccc(Cl)c(Cl)c1. The maximum atomic E-state index is 13.1. The van der Waals surface area contributed by atoms with Crippen LogP contribution in [0.4, 0.5) is 0 Å². The van der Waals surface area contributed by atoms with E-state index in [0.717, 1.165) is 18.3 Å². The molecule has 3 aromatic carbocycles. The second-order valence-electron chi connectivity index (χ2n) is 8.16. The third kappa shape index (κ3) is 6.50. The lowest BCUT2D eigenvalue weighted by molar-refractivity contribution is -0.149. The summed E-state index contributed by atoms with van der Waals surface area (Å²) in [5, 5.41) is 11.7. The Morgan fingerprint density at radius 2 is 1.73 bits per heavy atom. The van der Waals surface area contributed by atoms with Crippen LogP contribution in [0.15, 0.2) is 48.5 Å². The van der Waals surface area contributed by atoms with Crippen LogP contribution in [-0.4, -0.2) is 27.9 Å². The molecule has 192 valence electrons. The standard InChI is InChI=1S/C26H17Cl4I2NO4/c27-17-2-1-3-18(28)16(17)12-37-25-21(31)9-14-10-22(26(35)36)33(11-15(14)24(25)32)23(34)7-5-13-4-6-19(29)20(30)8-13/h1-9,22H,10-12H2,(H,35,36)/b7-5+/t22-/m0/s1. The minimum Gasteiger partial charge on any atom is -0.487 e. The average molecular weight is 803 g/mol. The van der Waals surface area contributed by atoms with E-state index in [2.05, 4.69) is 45.2 Å². The van der Waals surface area contributed by atoms with Crippen molar-refractivity contribution in [2.24, 2.45) is 0 Å². The molecule has 11 heteroatoms. The van der Waals surface area contributed by atoms with Gasteiger partial charge in [0.1, 0.15) is 18.4 Å². The molecule has 0 saturated heterocycles. The number of hydrogen-bond donors (Lipinski definition) is 1. The Labute approximate surface area is 260 Å². The Balaban J connectivity index is 1.62. The van der Waals surface area contributed by atoms with Crippen molar-refractivity contribution in [1.82, 2.24) is 4.90 Å². The summed E-state index contributed by atoms with van der Waals surface area (Å²) in [5.74, 6) is -0.868. The summed E-state index contributed by atoms with van der Waals surface area (Å²) < 4.78 is 7.77. The van der Waals surface area contributed by atoms with Crippen LogP contribution < -0.4 is 4.74 Å². The third-order valence-electron chi connectivity index (χ3n) is 5.84. The highest BCUT2D eigenvalue weighted by atomic mass is 127. The summed E-state index contributed by atoms with van der Waals surface area (Å²) in [5.41, 5.74) is 3.05. The predicted molar refractivity (Wildman–Crippen MR) is 164 cm³/mol. The molecule has 3 aromatic rings. The molecule has 1 aliphatic heterocycles. The zero-order chi connectivity index (χ0) is 26.9. The number of hydrogen-bond acceptors (Lipinski definition) is 3. The Kier molecular flexibility index (Phi) is 9.56. The maximum Gasteiger partial charge on any atom is 0.326 e. The number of halogens is 6. The van der Waals surface area contributed by atoms with E-state index in [1.807, 2.05) is 6.07 Å². The van der Waals surface area contributed by atoms with Gasteiger partial charge in [0, 0.05) is 34.7 Å². The molecule has 0 radical (unpaired) electrons. The Bertz CT molecular complexity index is 1410. The minimum absolute atomic E-state index is 0.120. The number of carboxylic acids is 1. The van der Waals surface area contributed by atoms with Gasteiger partial charge in [-0.25, -0.2) is 4.79 Å². The van der Waals surface area contributed by atoms with E-state index in [0.29, 0.717) is 37.0 Å². The summed E-state index contributed by atoms with van der Waals surface area (Å²) in [6.45, 7) is 0.283. The van der Waals surface area contributed by atoms with Crippen molar-refractivity contribution in [1.29, 1.82) is 0 Å². The van der Waals surface area contributed by atoms with E-state index < -0.39 is 17.9 Å². The van der Waals surface area contributed by atoms with E-state index in [4.69, 9.17) is 51.1 Å². The fourth-order valence-electron chi connectivity index (χ4n) is 3.92. The summed E-state index contributed by atoms with van der Waals surface area (Å²) in [4.78, 5) is 26.6. The van der Waals surface area contributed by atoms with Crippen LogP contribution in [0.25, 0.3) is 6.08 Å². The van der Waals surface area contributed by atoms with Crippen molar-refractivity contribution < 1.29 is 19.4 Å². The monoisotopic (exact) mass is 801 g/mol. The van der Waals surface area contributed by atoms with Crippen LogP contribution in [-0.2, 0) is 29.2 Å². The number of carbonyl (C=O) groups excluding carboxylic acids is 1. The molecule has 0 spiro atoms. The lowest BCUT2D eigenvalue weighted by Crippen LogP contribution is -2.48. The molecular formula is C26H17Cl4I2NO4. The largest absolute Gasteiger partial charge is 0.487 e. The Morgan fingerprint density at radius 3 is 2.38 bits per heavy atom. The number of rotatable bonds is 6. The molecule has 0 saturated carbocycles. The molecule has 0 aromatic heterocycles. The number of benzene rings is 3. The van der Waals surface area contributed by atoms with E-state index >= 15 is 0 Å². The summed E-state index contributed by atoms with van der Waals surface area (Å²) >= 11 is 28.9. The molecule has 1 amide bonds. The first-order valence-corrected chi connectivity index (χ1v) is 14.5. The normalized spacial score (nSPS) is 15.1. The molecule has 1 atom stereocenters. The van der Waals surface area contributed by atoms with Crippen LogP contribution in [0.5, 0.6) is 5.75 Å². The third-order valence-corrected chi connectivity index (χ3v) is 9.23. The topological polar surface area (TPSA) is 66.8 Å². The van der Waals surface area contributed by atoms with Crippen LogP contribution in [0.1, 0.15) is 22.3 Å². The van der Waals surface area contributed by atoms with Crippen LogP contribution in [0.3, 0.4) is 0 Å². The van der Waals surface area contributed by atoms with E-state index in [1.165, 1.54) is 11.0 Å². The highest BCUT2D eigenvalue weighted by molar-refractivity contribution is 14.1. The number of fused-ring (bicyclic) bond motifs is 1. The smallest absolute Gasteiger partial charge is 0.326 e. The van der Waals surface area contributed by atoms with Gasteiger partial charge in [-0.1, -0.05) is 58.5 Å². The van der Waals surface area contributed by atoms with Crippen LogP contribution in [0, 0.1) is 7.14 Å². The van der Waals surface area contributed by atoms with Crippen LogP contribution in [0.2, 0.25) is 20.1 Å². The number of nitrogens with zero attached hydrogens (tertiary/aromatic N) is 1. The van der Waals surface area contributed by atoms with Gasteiger partial charge in [-0.15, -0.1) is 0 Å². The zero-order valence-corrected chi connectivity index (χ0v) is 26.1. The van der Waals surface area contributed by atoms with Gasteiger partial charge in [0.2, 0.25) is 5.91 Å². The zero-order valence-electron chi connectivity index (χ0n) is 18.8. The predicted octanol–water partition coefficient (Wildman–Crippen LogP) is 8.14. The molecule has 0 unspecified atom stereocenters. The van der Waals surface area contributed by atoms with Gasteiger partial charge in [0.05, 0.1) is 17.2 Å². The van der Waals surface area contributed by atoms with E-state index in [-0.39, 0.29) is 19.6 Å². The van der Waals surface area contributed by atoms with Crippen molar-refractivity contribution >= 4 is 110 Å². The first kappa shape index (κ1) is 28.8. The quantitative estimate of drug-likeness (QED) is 0.202. The van der Waals surface area contributed by atoms with Crippen molar-refractivity contribution in [3.8, 4) is 5.75 Å². The van der Waals surface area contributed by atoms with Crippen molar-refractivity contribution in [3.63, 3.8) is 0 Å². The first-order chi connectivity index (χ1) is 17.6. The second-order valence-corrected chi connectivity index (χ2v) is 12.0. The van der Waals surface area contributed by atoms with Crippen molar-refractivity contribution in [2.75, 3.05) is 0 Å². The number of carboxylic acid groups (broad SMARTS) is 1. The summed E-state index contributed by atoms with van der Waals surface area (Å²) in [6, 6.07) is 11.1. The highest BCUT2D eigenvalue weighted by Crippen LogP contribution is 2.38. The molecule has 5 nitrogen and oxygen atoms in total. The Morgan fingerprint density at radius 1 is 1.03 bits per heavy atom. The highest BCUT2D eigenvalue weighted by Gasteiger charge is 2.36. The van der Waals surface area contributed by atoms with E-state index in [9.17, 15) is 14.7 Å². The minimum atomic E-state index is -1.07. The van der Waals surface area contributed by atoms with Crippen molar-refractivity contribution in [2.45, 2.75) is 25.6 Å². The Hall–Kier alpha value is -1.24. The first-order valence-electron chi connectivity index (χ1n) is 10.8. The van der Waals surface area contributed by atoms with Gasteiger partial charge in [0.25, 0.3) is 0 Å². The summed E-state index contributed by atoms with van der Waals surface area (Å²) in [6.07, 6.45) is 3.11. The van der Waals surface area contributed by atoms with Crippen LogP contribution >= 0.6 is 91.6 Å². The lowest BCUT2D eigenvalue weighted by atomic mass is 9.93. The molecule has 0 fully saturated rings. The van der Waals surface area contributed by atoms with E-state index in [1.54, 1.807) is 42.5 Å². The van der Waals surface area contributed by atoms with Gasteiger partial charge < -0.3 is 14.7 Å². The van der Waals surface area contributed by atoms with Gasteiger partial charge >= 0.3 is 5.97 Å². The lowest BCUT2D eigenvalue weighted by Gasteiger charge is -2.35. The molecule has 37 heavy (non-hydrogen) atoms. The summed E-state index contributed by atoms with van der Waals surface area (Å²) in [7, 11) is 0. The molecule has 0 aliphatic carbocycles. The number of carbonyl (C=O) groups is 2. The van der Waals surface area contributed by atoms with Gasteiger partial charge in [-0.2, -0.15) is 0 Å². The molecule has 1 aliphatic rings. The molecule has 0 bridgehead atoms. The average Bonchev–Trinajstić information content (AvgIpc) is 2.85. The molecular weight excluding hydrogens is 786 g/mol. The van der Waals surface area contributed by atoms with Crippen molar-refractivity contribution in [3.05, 3.63) is 98.0 Å². The number of amides is 1. The van der Waals surface area contributed by atoms with Gasteiger partial charge in [-0.05, 0) is 98.3 Å². The molecule has 1 heterocycles. The second kappa shape index (κ2) is 12.3. The fraction of sp³-hybridized carbons (Fsp3) is 0.154. The fourth-order valence-corrected chi connectivity index (χ4v) is 7.01. The molecule has 4 rings (SSSR count). The van der Waals surface area contributed by atoms with Gasteiger partial charge in [-0.3, -0.25) is 4.79 Å². The number of aliphatic carboxylic acids is 1.